The molecule has 0 radical (unpaired) electrons. The summed E-state index contributed by atoms with van der Waals surface area (Å²) >= 11 is 0. The first kappa shape index (κ1) is 18.8. The van der Waals surface area contributed by atoms with Gasteiger partial charge in [0.05, 0.1) is 11.4 Å². The smallest absolute Gasteiger partial charge is 0.163 e. The minimum absolute atomic E-state index is 0.0650. The number of rotatable bonds is 2. The lowest BCUT2D eigenvalue weighted by Crippen LogP contribution is -2.55. The molecule has 4 nitrogen and oxygen atoms in total. The Kier molecular flexibility index (Phi) is 5.26. The molecule has 0 amide bonds. The Labute approximate surface area is 146 Å². The summed E-state index contributed by atoms with van der Waals surface area (Å²) in [6.07, 6.45) is 7.93. The molecule has 1 saturated heterocycles. The molecule has 134 valence electrons. The Morgan fingerprint density at radius 3 is 1.42 bits per heavy atom. The van der Waals surface area contributed by atoms with Gasteiger partial charge in [-0.2, -0.15) is 0 Å². The van der Waals surface area contributed by atoms with Crippen molar-refractivity contribution in [2.45, 2.75) is 79.3 Å². The Bertz CT molecular complexity index is 521. The minimum atomic E-state index is -0.433. The monoisotopic (exact) mass is 332 g/mol. The Balaban J connectivity index is 2.35. The first-order chi connectivity index (χ1) is 11.0. The molecular weight excluding hydrogens is 300 g/mol. The molecule has 2 atom stereocenters. The highest BCUT2D eigenvalue weighted by Gasteiger charge is 2.33. The van der Waals surface area contributed by atoms with Crippen LogP contribution in [0, 0.1) is 10.8 Å². The first-order valence-corrected chi connectivity index (χ1v) is 9.04. The molecule has 1 aliphatic carbocycles. The van der Waals surface area contributed by atoms with Gasteiger partial charge in [-0.3, -0.25) is 9.59 Å². The molecular formula is C20H32N2O2. The zero-order valence-electron chi connectivity index (χ0n) is 16.0. The van der Waals surface area contributed by atoms with Gasteiger partial charge in [0.2, 0.25) is 0 Å². The van der Waals surface area contributed by atoms with E-state index in [0.29, 0.717) is 12.1 Å². The molecule has 0 aromatic carbocycles. The molecule has 0 spiro atoms. The average Bonchev–Trinajstić information content (AvgIpc) is 2.45. The van der Waals surface area contributed by atoms with E-state index in [4.69, 9.17) is 0 Å². The summed E-state index contributed by atoms with van der Waals surface area (Å²) in [6, 6.07) is 0.666. The van der Waals surface area contributed by atoms with Crippen LogP contribution in [0.2, 0.25) is 0 Å². The van der Waals surface area contributed by atoms with Gasteiger partial charge in [-0.25, -0.2) is 0 Å². The molecule has 2 aliphatic rings. The number of fused-ring (bicyclic) bond motifs is 1. The fourth-order valence-corrected chi connectivity index (χ4v) is 2.97. The van der Waals surface area contributed by atoms with Gasteiger partial charge in [0.15, 0.2) is 11.6 Å². The molecule has 0 aromatic rings. The van der Waals surface area contributed by atoms with Crippen LogP contribution in [0.1, 0.15) is 67.2 Å². The summed E-state index contributed by atoms with van der Waals surface area (Å²) < 4.78 is 0. The van der Waals surface area contributed by atoms with Crippen LogP contribution >= 0.6 is 0 Å². The molecule has 1 heterocycles. The van der Waals surface area contributed by atoms with E-state index in [0.717, 1.165) is 24.2 Å². The second-order valence-electron chi connectivity index (χ2n) is 9.13. The van der Waals surface area contributed by atoms with Gasteiger partial charge in [-0.05, 0) is 12.8 Å². The summed E-state index contributed by atoms with van der Waals surface area (Å²) in [6.45, 7) is 11.5. The van der Waals surface area contributed by atoms with E-state index in [1.807, 2.05) is 41.5 Å². The Morgan fingerprint density at radius 1 is 0.792 bits per heavy atom. The maximum absolute atomic E-state index is 12.5. The van der Waals surface area contributed by atoms with Crippen molar-refractivity contribution in [2.24, 2.45) is 10.8 Å². The van der Waals surface area contributed by atoms with Gasteiger partial charge in [-0.1, -0.05) is 54.4 Å². The fourth-order valence-electron chi connectivity index (χ4n) is 2.97. The van der Waals surface area contributed by atoms with Crippen molar-refractivity contribution in [1.82, 2.24) is 10.6 Å². The molecule has 2 fully saturated rings. The van der Waals surface area contributed by atoms with Crippen molar-refractivity contribution in [3.63, 3.8) is 0 Å². The summed E-state index contributed by atoms with van der Waals surface area (Å²) in [4.78, 5) is 24.9. The minimum Gasteiger partial charge on any atom is -0.378 e. The number of carbonyl (C=O) groups excluding carboxylic acids is 2. The molecule has 24 heavy (non-hydrogen) atoms. The summed E-state index contributed by atoms with van der Waals surface area (Å²) in [5, 5.41) is 7.05. The fraction of sp³-hybridized carbons (Fsp3) is 0.700. The molecule has 1 aliphatic heterocycles. The van der Waals surface area contributed by atoms with E-state index in [1.54, 1.807) is 12.2 Å². The first-order valence-electron chi connectivity index (χ1n) is 9.04. The average molecular weight is 332 g/mol. The zero-order chi connectivity index (χ0) is 18.1. The molecule has 0 bridgehead atoms. The topological polar surface area (TPSA) is 58.2 Å². The molecule has 0 aromatic heterocycles. The Hall–Kier alpha value is -1.58. The zero-order valence-corrected chi connectivity index (χ0v) is 16.0. The third-order valence-electron chi connectivity index (χ3n) is 4.77. The van der Waals surface area contributed by atoms with Crippen molar-refractivity contribution < 1.29 is 9.59 Å². The molecule has 2 N–H and O–H groups in total. The second kappa shape index (κ2) is 6.73. The quantitative estimate of drug-likeness (QED) is 0.760. The third-order valence-corrected chi connectivity index (χ3v) is 4.77. The third kappa shape index (κ3) is 4.49. The summed E-state index contributed by atoms with van der Waals surface area (Å²) in [7, 11) is 0. The Morgan fingerprint density at radius 2 is 1.12 bits per heavy atom. The SMILES string of the molecule is CC(C)(C)C(=O)C=C1NC2CCCCC2NC1=CC(=O)C(C)(C)C. The highest BCUT2D eigenvalue weighted by molar-refractivity contribution is 5.97. The normalized spacial score (nSPS) is 28.1. The lowest BCUT2D eigenvalue weighted by atomic mass is 9.85. The van der Waals surface area contributed by atoms with E-state index >= 15 is 0 Å². The van der Waals surface area contributed by atoms with E-state index in [2.05, 4.69) is 10.6 Å². The lowest BCUT2D eigenvalue weighted by Gasteiger charge is -2.41. The van der Waals surface area contributed by atoms with Crippen LogP contribution in [0.4, 0.5) is 0 Å². The maximum atomic E-state index is 12.5. The molecule has 1 saturated carbocycles. The van der Waals surface area contributed by atoms with E-state index < -0.39 is 10.8 Å². The number of hydrogen-bond acceptors (Lipinski definition) is 4. The van der Waals surface area contributed by atoms with Crippen LogP contribution < -0.4 is 10.6 Å². The number of piperazine rings is 1. The van der Waals surface area contributed by atoms with Crippen molar-refractivity contribution in [2.75, 3.05) is 0 Å². The standard InChI is InChI=1S/C20H32N2O2/c1-19(2,3)17(23)11-15-16(12-18(24)20(4,5)6)22-14-10-8-7-9-13(14)21-15/h11-14,21-22H,7-10H2,1-6H3. The highest BCUT2D eigenvalue weighted by Crippen LogP contribution is 2.28. The van der Waals surface area contributed by atoms with Crippen molar-refractivity contribution in [1.29, 1.82) is 0 Å². The molecule has 2 unspecified atom stereocenters. The van der Waals surface area contributed by atoms with Crippen LogP contribution in [0.25, 0.3) is 0 Å². The predicted octanol–water partition coefficient (Wildman–Crippen LogP) is 3.49. The van der Waals surface area contributed by atoms with Gasteiger partial charge in [-0.15, -0.1) is 0 Å². The van der Waals surface area contributed by atoms with Gasteiger partial charge in [0, 0.05) is 35.1 Å². The van der Waals surface area contributed by atoms with Crippen molar-refractivity contribution in [3.05, 3.63) is 23.5 Å². The number of carbonyl (C=O) groups is 2. The van der Waals surface area contributed by atoms with E-state index in [9.17, 15) is 9.59 Å². The largest absolute Gasteiger partial charge is 0.378 e. The lowest BCUT2D eigenvalue weighted by molar-refractivity contribution is -0.122. The van der Waals surface area contributed by atoms with Crippen molar-refractivity contribution >= 4 is 11.6 Å². The maximum Gasteiger partial charge on any atom is 0.163 e. The molecule has 2 rings (SSSR count). The number of ketones is 2. The second-order valence-corrected chi connectivity index (χ2v) is 9.13. The summed E-state index contributed by atoms with van der Waals surface area (Å²) in [5.74, 6) is 0.130. The predicted molar refractivity (Wildman–Crippen MR) is 97.4 cm³/mol. The number of nitrogens with one attached hydrogen (secondary N) is 2. The van der Waals surface area contributed by atoms with Crippen LogP contribution in [-0.2, 0) is 9.59 Å². The van der Waals surface area contributed by atoms with Gasteiger partial charge in [0.1, 0.15) is 0 Å². The highest BCUT2D eigenvalue weighted by atomic mass is 16.1. The van der Waals surface area contributed by atoms with Gasteiger partial charge in [0.25, 0.3) is 0 Å². The van der Waals surface area contributed by atoms with Crippen molar-refractivity contribution in [3.8, 4) is 0 Å². The summed E-state index contributed by atoms with van der Waals surface area (Å²) in [5.41, 5.74) is 0.653. The van der Waals surface area contributed by atoms with Crippen LogP contribution in [0.15, 0.2) is 23.5 Å². The van der Waals surface area contributed by atoms with E-state index in [-0.39, 0.29) is 11.6 Å². The molecule has 4 heteroatoms. The van der Waals surface area contributed by atoms with E-state index in [1.165, 1.54) is 12.8 Å². The van der Waals surface area contributed by atoms with Crippen LogP contribution in [-0.4, -0.2) is 23.7 Å². The van der Waals surface area contributed by atoms with Crippen LogP contribution in [0.5, 0.6) is 0 Å². The van der Waals surface area contributed by atoms with Crippen LogP contribution in [0.3, 0.4) is 0 Å². The van der Waals surface area contributed by atoms with Gasteiger partial charge < -0.3 is 10.6 Å². The van der Waals surface area contributed by atoms with Gasteiger partial charge >= 0.3 is 0 Å². The number of allylic oxidation sites excluding steroid dienone is 2. The number of hydrogen-bond donors (Lipinski definition) is 2.